The first-order chi connectivity index (χ1) is 5.18. The van der Waals surface area contributed by atoms with Gasteiger partial charge in [0.15, 0.2) is 0 Å². The van der Waals surface area contributed by atoms with Gasteiger partial charge in [0.1, 0.15) is 0 Å². The molecule has 0 saturated carbocycles. The van der Waals surface area contributed by atoms with Crippen LogP contribution in [-0.2, 0) is 4.79 Å². The number of hydrogen-bond donors (Lipinski definition) is 2. The van der Waals surface area contributed by atoms with Gasteiger partial charge < -0.3 is 10.6 Å². The van der Waals surface area contributed by atoms with Crippen molar-refractivity contribution in [1.29, 1.82) is 0 Å². The van der Waals surface area contributed by atoms with Crippen LogP contribution in [0.15, 0.2) is 0 Å². The lowest BCUT2D eigenvalue weighted by molar-refractivity contribution is -0.122. The van der Waals surface area contributed by atoms with E-state index >= 15 is 0 Å². The Morgan fingerprint density at radius 1 is 1.64 bits per heavy atom. The highest BCUT2D eigenvalue weighted by Gasteiger charge is 2.19. The largest absolute Gasteiger partial charge is 0.354 e. The van der Waals surface area contributed by atoms with Gasteiger partial charge in [-0.15, -0.1) is 0 Å². The second-order valence-electron chi connectivity index (χ2n) is 3.45. The molecule has 0 bridgehead atoms. The van der Waals surface area contributed by atoms with Crippen LogP contribution in [0.1, 0.15) is 20.3 Å². The van der Waals surface area contributed by atoms with E-state index in [1.807, 2.05) is 13.8 Å². The van der Waals surface area contributed by atoms with Gasteiger partial charge in [-0.25, -0.2) is 0 Å². The van der Waals surface area contributed by atoms with Crippen LogP contribution in [0.5, 0.6) is 0 Å². The molecule has 1 rings (SSSR count). The fourth-order valence-electron chi connectivity index (χ4n) is 1.14. The Labute approximate surface area is 67.5 Å². The van der Waals surface area contributed by atoms with Gasteiger partial charge >= 0.3 is 0 Å². The standard InChI is InChI=1S/C8H16N2O/c1-6(2)10-8(11)3-7-4-9-5-7/h6-7,9H,3-5H2,1-2H3,(H,10,11). The lowest BCUT2D eigenvalue weighted by atomic mass is 9.99. The highest BCUT2D eigenvalue weighted by atomic mass is 16.1. The van der Waals surface area contributed by atoms with Crippen LogP contribution in [0.3, 0.4) is 0 Å². The van der Waals surface area contributed by atoms with Crippen molar-refractivity contribution in [3.8, 4) is 0 Å². The number of rotatable bonds is 3. The molecule has 0 aliphatic carbocycles. The number of carbonyl (C=O) groups excluding carboxylic acids is 1. The maximum atomic E-state index is 11.1. The second-order valence-corrected chi connectivity index (χ2v) is 3.45. The van der Waals surface area contributed by atoms with Gasteiger partial charge in [0.25, 0.3) is 0 Å². The van der Waals surface area contributed by atoms with Crippen LogP contribution in [0, 0.1) is 5.92 Å². The molecule has 2 N–H and O–H groups in total. The molecule has 1 heterocycles. The predicted octanol–water partition coefficient (Wildman–Crippen LogP) is 0.120. The van der Waals surface area contributed by atoms with Gasteiger partial charge in [-0.2, -0.15) is 0 Å². The Morgan fingerprint density at radius 3 is 2.64 bits per heavy atom. The summed E-state index contributed by atoms with van der Waals surface area (Å²) in [6.45, 7) is 5.98. The summed E-state index contributed by atoms with van der Waals surface area (Å²) >= 11 is 0. The molecule has 3 nitrogen and oxygen atoms in total. The molecule has 1 amide bonds. The smallest absolute Gasteiger partial charge is 0.220 e. The lowest BCUT2D eigenvalue weighted by Gasteiger charge is -2.26. The number of nitrogens with one attached hydrogen (secondary N) is 2. The van der Waals surface area contributed by atoms with Crippen molar-refractivity contribution in [1.82, 2.24) is 10.6 Å². The minimum atomic E-state index is 0.187. The first-order valence-corrected chi connectivity index (χ1v) is 4.18. The minimum absolute atomic E-state index is 0.187. The molecule has 0 radical (unpaired) electrons. The topological polar surface area (TPSA) is 41.1 Å². The maximum Gasteiger partial charge on any atom is 0.220 e. The van der Waals surface area contributed by atoms with Crippen molar-refractivity contribution >= 4 is 5.91 Å². The first-order valence-electron chi connectivity index (χ1n) is 4.18. The summed E-state index contributed by atoms with van der Waals surface area (Å²) in [4.78, 5) is 11.1. The molecule has 1 fully saturated rings. The van der Waals surface area contributed by atoms with Crippen molar-refractivity contribution in [2.75, 3.05) is 13.1 Å². The summed E-state index contributed by atoms with van der Waals surface area (Å²) in [5.41, 5.74) is 0. The normalized spacial score (nSPS) is 18.1. The van der Waals surface area contributed by atoms with Gasteiger partial charge in [0.05, 0.1) is 0 Å². The lowest BCUT2D eigenvalue weighted by Crippen LogP contribution is -2.45. The van der Waals surface area contributed by atoms with Gasteiger partial charge in [-0.3, -0.25) is 4.79 Å². The summed E-state index contributed by atoms with van der Waals surface area (Å²) in [5, 5.41) is 6.02. The second kappa shape index (κ2) is 3.72. The zero-order chi connectivity index (χ0) is 8.27. The zero-order valence-electron chi connectivity index (χ0n) is 7.18. The number of amides is 1. The monoisotopic (exact) mass is 156 g/mol. The van der Waals surface area contributed by atoms with Crippen molar-refractivity contribution in [2.45, 2.75) is 26.3 Å². The highest BCUT2D eigenvalue weighted by Crippen LogP contribution is 2.07. The summed E-state index contributed by atoms with van der Waals surface area (Å²) in [6.07, 6.45) is 0.686. The van der Waals surface area contributed by atoms with Crippen LogP contribution in [0.2, 0.25) is 0 Å². The fraction of sp³-hybridized carbons (Fsp3) is 0.875. The Balaban J connectivity index is 2.09. The molecule has 0 atom stereocenters. The van der Waals surface area contributed by atoms with Crippen LogP contribution >= 0.6 is 0 Å². The van der Waals surface area contributed by atoms with Crippen LogP contribution in [0.25, 0.3) is 0 Å². The summed E-state index contributed by atoms with van der Waals surface area (Å²) in [5.74, 6) is 0.764. The van der Waals surface area contributed by atoms with E-state index in [0.717, 1.165) is 13.1 Å². The Bertz CT molecular complexity index is 141. The van der Waals surface area contributed by atoms with E-state index in [9.17, 15) is 4.79 Å². The molecule has 0 aromatic carbocycles. The van der Waals surface area contributed by atoms with Gasteiger partial charge in [-0.1, -0.05) is 0 Å². The van der Waals surface area contributed by atoms with Crippen molar-refractivity contribution in [3.05, 3.63) is 0 Å². The zero-order valence-corrected chi connectivity index (χ0v) is 7.18. The molecule has 64 valence electrons. The van der Waals surface area contributed by atoms with E-state index in [4.69, 9.17) is 0 Å². The van der Waals surface area contributed by atoms with Gasteiger partial charge in [0.2, 0.25) is 5.91 Å². The van der Waals surface area contributed by atoms with Crippen molar-refractivity contribution in [3.63, 3.8) is 0 Å². The Morgan fingerprint density at radius 2 is 2.27 bits per heavy atom. The predicted molar refractivity (Wildman–Crippen MR) is 44.3 cm³/mol. The van der Waals surface area contributed by atoms with E-state index in [1.54, 1.807) is 0 Å². The van der Waals surface area contributed by atoms with E-state index in [0.29, 0.717) is 12.3 Å². The minimum Gasteiger partial charge on any atom is -0.354 e. The summed E-state index contributed by atoms with van der Waals surface area (Å²) in [6, 6.07) is 0.274. The van der Waals surface area contributed by atoms with Crippen LogP contribution < -0.4 is 10.6 Å². The van der Waals surface area contributed by atoms with E-state index in [-0.39, 0.29) is 11.9 Å². The number of hydrogen-bond acceptors (Lipinski definition) is 2. The molecule has 0 unspecified atom stereocenters. The van der Waals surface area contributed by atoms with Gasteiger partial charge in [0, 0.05) is 12.5 Å². The molecular weight excluding hydrogens is 140 g/mol. The summed E-state index contributed by atoms with van der Waals surface area (Å²) in [7, 11) is 0. The SMILES string of the molecule is CC(C)NC(=O)CC1CNC1. The summed E-state index contributed by atoms with van der Waals surface area (Å²) < 4.78 is 0. The Kier molecular flexibility index (Phi) is 2.88. The maximum absolute atomic E-state index is 11.1. The third-order valence-corrected chi connectivity index (χ3v) is 1.79. The van der Waals surface area contributed by atoms with Crippen LogP contribution in [-0.4, -0.2) is 25.0 Å². The Hall–Kier alpha value is -0.570. The molecule has 3 heteroatoms. The molecule has 1 aliphatic rings. The first kappa shape index (κ1) is 8.53. The third kappa shape index (κ3) is 2.89. The quantitative estimate of drug-likeness (QED) is 0.609. The van der Waals surface area contributed by atoms with Crippen molar-refractivity contribution < 1.29 is 4.79 Å². The van der Waals surface area contributed by atoms with E-state index in [1.165, 1.54) is 0 Å². The highest BCUT2D eigenvalue weighted by molar-refractivity contribution is 5.76. The molecule has 1 saturated heterocycles. The average Bonchev–Trinajstić information content (AvgIpc) is 1.77. The molecule has 11 heavy (non-hydrogen) atoms. The number of carbonyl (C=O) groups is 1. The average molecular weight is 156 g/mol. The molecule has 0 spiro atoms. The molecule has 0 aromatic rings. The van der Waals surface area contributed by atoms with Crippen molar-refractivity contribution in [2.24, 2.45) is 5.92 Å². The van der Waals surface area contributed by atoms with E-state index in [2.05, 4.69) is 10.6 Å². The van der Waals surface area contributed by atoms with E-state index < -0.39 is 0 Å². The fourth-order valence-corrected chi connectivity index (χ4v) is 1.14. The van der Waals surface area contributed by atoms with Crippen LogP contribution in [0.4, 0.5) is 0 Å². The molecular formula is C8H16N2O. The molecule has 1 aliphatic heterocycles. The molecule has 0 aromatic heterocycles. The van der Waals surface area contributed by atoms with Gasteiger partial charge in [-0.05, 0) is 32.9 Å². The third-order valence-electron chi connectivity index (χ3n) is 1.79.